The second-order valence-electron chi connectivity index (χ2n) is 1.67. The van der Waals surface area contributed by atoms with Crippen molar-refractivity contribution in [2.75, 3.05) is 14.2 Å². The number of carbonyl (C=O) groups is 2. The first-order chi connectivity index (χ1) is 5.13. The van der Waals surface area contributed by atoms with Crippen LogP contribution in [-0.4, -0.2) is 31.7 Å². The smallest absolute Gasteiger partial charge is 0.363 e. The van der Waals surface area contributed by atoms with Gasteiger partial charge >= 0.3 is 5.97 Å². The lowest BCUT2D eigenvalue weighted by Gasteiger charge is -1.97. The van der Waals surface area contributed by atoms with E-state index in [-0.39, 0.29) is 5.71 Å². The van der Waals surface area contributed by atoms with Gasteiger partial charge in [0.1, 0.15) is 7.11 Å². The third-order valence-corrected chi connectivity index (χ3v) is 0.895. The maximum atomic E-state index is 10.7. The topological polar surface area (TPSA) is 65.0 Å². The van der Waals surface area contributed by atoms with Gasteiger partial charge in [-0.25, -0.2) is 4.79 Å². The molecular formula is C6H9NO4. The lowest BCUT2D eigenvalue weighted by atomic mass is 10.3. The van der Waals surface area contributed by atoms with Gasteiger partial charge in [-0.2, -0.15) is 0 Å². The summed E-state index contributed by atoms with van der Waals surface area (Å²) >= 11 is 0. The summed E-state index contributed by atoms with van der Waals surface area (Å²) in [7, 11) is 2.41. The van der Waals surface area contributed by atoms with Gasteiger partial charge in [-0.05, 0) is 0 Å². The minimum absolute atomic E-state index is 0.338. The molecule has 0 aliphatic heterocycles. The summed E-state index contributed by atoms with van der Waals surface area (Å²) in [5.74, 6) is -1.28. The maximum absolute atomic E-state index is 10.7. The Labute approximate surface area is 64.0 Å². The number of ketones is 1. The number of hydrogen-bond donors (Lipinski definition) is 0. The number of hydrogen-bond acceptors (Lipinski definition) is 5. The molecule has 0 N–H and O–H groups in total. The molecule has 0 heterocycles. The second kappa shape index (κ2) is 4.43. The minimum Gasteiger partial charge on any atom is -0.464 e. The number of methoxy groups -OCH3 is 1. The summed E-state index contributed by atoms with van der Waals surface area (Å²) < 4.78 is 4.26. The van der Waals surface area contributed by atoms with Crippen molar-refractivity contribution in [3.05, 3.63) is 0 Å². The van der Waals surface area contributed by atoms with Gasteiger partial charge < -0.3 is 9.57 Å². The van der Waals surface area contributed by atoms with Gasteiger partial charge in [-0.3, -0.25) is 4.79 Å². The van der Waals surface area contributed by atoms with Gasteiger partial charge in [0.05, 0.1) is 7.11 Å². The van der Waals surface area contributed by atoms with Crippen LogP contribution < -0.4 is 0 Å². The van der Waals surface area contributed by atoms with Crippen LogP contribution in [0.2, 0.25) is 0 Å². The lowest BCUT2D eigenvalue weighted by Crippen LogP contribution is -2.23. The van der Waals surface area contributed by atoms with Crippen LogP contribution in [0.3, 0.4) is 0 Å². The summed E-state index contributed by atoms with van der Waals surface area (Å²) in [4.78, 5) is 25.6. The van der Waals surface area contributed by atoms with E-state index in [1.54, 1.807) is 0 Å². The van der Waals surface area contributed by atoms with Crippen LogP contribution in [0, 0.1) is 0 Å². The normalized spacial score (nSPS) is 10.6. The molecule has 0 fully saturated rings. The zero-order valence-electron chi connectivity index (χ0n) is 6.58. The Bertz CT molecular complexity index is 197. The summed E-state index contributed by atoms with van der Waals surface area (Å²) in [5, 5.41) is 3.19. The molecule has 0 saturated heterocycles. The molecule has 0 aliphatic rings. The lowest BCUT2D eigenvalue weighted by molar-refractivity contribution is -0.133. The quantitative estimate of drug-likeness (QED) is 0.246. The average Bonchev–Trinajstić information content (AvgIpc) is 1.98. The highest BCUT2D eigenvalue weighted by Crippen LogP contribution is 1.86. The molecule has 5 heteroatoms. The molecule has 0 aromatic heterocycles. The van der Waals surface area contributed by atoms with E-state index < -0.39 is 11.8 Å². The molecule has 0 aliphatic carbocycles. The van der Waals surface area contributed by atoms with E-state index in [2.05, 4.69) is 14.7 Å². The van der Waals surface area contributed by atoms with E-state index >= 15 is 0 Å². The fourth-order valence-corrected chi connectivity index (χ4v) is 0.433. The Hall–Kier alpha value is -1.39. The number of carbonyl (C=O) groups excluding carboxylic acids is 2. The van der Waals surface area contributed by atoms with Gasteiger partial charge in [0.2, 0.25) is 5.71 Å². The molecule has 62 valence electrons. The Morgan fingerprint density at radius 3 is 2.09 bits per heavy atom. The highest BCUT2D eigenvalue weighted by atomic mass is 16.6. The minimum atomic E-state index is -0.792. The monoisotopic (exact) mass is 159 g/mol. The van der Waals surface area contributed by atoms with Crippen LogP contribution in [0.1, 0.15) is 6.92 Å². The predicted octanol–water partition coefficient (Wildman–Crippen LogP) is -0.249. The fourth-order valence-electron chi connectivity index (χ4n) is 0.433. The van der Waals surface area contributed by atoms with Crippen LogP contribution in [0.15, 0.2) is 5.16 Å². The molecule has 0 rings (SSSR count). The Kier molecular flexibility index (Phi) is 3.87. The fraction of sp³-hybridized carbons (Fsp3) is 0.500. The Morgan fingerprint density at radius 2 is 1.82 bits per heavy atom. The number of esters is 1. The van der Waals surface area contributed by atoms with Crippen LogP contribution in [0.25, 0.3) is 0 Å². The number of Topliss-reactive ketones (excluding diaryl/α,β-unsaturated/α-hetero) is 1. The largest absolute Gasteiger partial charge is 0.464 e. The van der Waals surface area contributed by atoms with Crippen molar-refractivity contribution in [3.63, 3.8) is 0 Å². The number of rotatable bonds is 3. The Balaban J connectivity index is 4.48. The van der Waals surface area contributed by atoms with Crippen molar-refractivity contribution in [1.29, 1.82) is 0 Å². The third kappa shape index (κ3) is 2.79. The molecule has 0 aromatic carbocycles. The van der Waals surface area contributed by atoms with E-state index in [1.807, 2.05) is 0 Å². The van der Waals surface area contributed by atoms with Crippen molar-refractivity contribution in [2.24, 2.45) is 5.16 Å². The summed E-state index contributed by atoms with van der Waals surface area (Å²) in [5.41, 5.74) is -0.338. The van der Waals surface area contributed by atoms with Crippen molar-refractivity contribution in [3.8, 4) is 0 Å². The first-order valence-electron chi connectivity index (χ1n) is 2.84. The molecular weight excluding hydrogens is 150 g/mol. The molecule has 0 radical (unpaired) electrons. The molecule has 0 atom stereocenters. The molecule has 0 amide bonds. The van der Waals surface area contributed by atoms with Crippen molar-refractivity contribution in [1.82, 2.24) is 0 Å². The van der Waals surface area contributed by atoms with E-state index in [9.17, 15) is 9.59 Å². The number of ether oxygens (including phenoxy) is 1. The third-order valence-electron chi connectivity index (χ3n) is 0.895. The van der Waals surface area contributed by atoms with E-state index in [0.29, 0.717) is 0 Å². The number of oxime groups is 1. The van der Waals surface area contributed by atoms with Gasteiger partial charge in [0, 0.05) is 6.92 Å². The van der Waals surface area contributed by atoms with Gasteiger partial charge in [0.25, 0.3) is 0 Å². The zero-order valence-corrected chi connectivity index (χ0v) is 6.58. The van der Waals surface area contributed by atoms with Crippen molar-refractivity contribution in [2.45, 2.75) is 6.92 Å². The van der Waals surface area contributed by atoms with Gasteiger partial charge in [0.15, 0.2) is 5.78 Å². The Morgan fingerprint density at radius 1 is 1.27 bits per heavy atom. The first-order valence-corrected chi connectivity index (χ1v) is 2.84. The summed E-state index contributed by atoms with van der Waals surface area (Å²) in [6.45, 7) is 1.20. The molecule has 0 saturated carbocycles. The van der Waals surface area contributed by atoms with Gasteiger partial charge in [-0.15, -0.1) is 0 Å². The van der Waals surface area contributed by atoms with Crippen molar-refractivity contribution < 1.29 is 19.2 Å². The maximum Gasteiger partial charge on any atom is 0.363 e. The standard InChI is InChI=1S/C6H9NO4/c1-4(8)5(7-11-3)6(9)10-2/h1-3H3/b7-5+. The highest BCUT2D eigenvalue weighted by Gasteiger charge is 2.17. The molecule has 0 bridgehead atoms. The van der Waals surface area contributed by atoms with E-state index in [0.717, 1.165) is 7.11 Å². The molecule has 5 nitrogen and oxygen atoms in total. The first kappa shape index (κ1) is 9.61. The van der Waals surface area contributed by atoms with Crippen LogP contribution in [0.5, 0.6) is 0 Å². The predicted molar refractivity (Wildman–Crippen MR) is 37.1 cm³/mol. The molecule has 0 spiro atoms. The molecule has 0 aromatic rings. The van der Waals surface area contributed by atoms with E-state index in [4.69, 9.17) is 0 Å². The zero-order chi connectivity index (χ0) is 8.85. The average molecular weight is 159 g/mol. The van der Waals surface area contributed by atoms with E-state index in [1.165, 1.54) is 14.0 Å². The van der Waals surface area contributed by atoms with Crippen LogP contribution in [0.4, 0.5) is 0 Å². The summed E-state index contributed by atoms with van der Waals surface area (Å²) in [6, 6.07) is 0. The summed E-state index contributed by atoms with van der Waals surface area (Å²) in [6.07, 6.45) is 0. The highest BCUT2D eigenvalue weighted by molar-refractivity contribution is 6.63. The number of nitrogens with zero attached hydrogens (tertiary/aromatic N) is 1. The van der Waals surface area contributed by atoms with Gasteiger partial charge in [-0.1, -0.05) is 5.16 Å². The second-order valence-corrected chi connectivity index (χ2v) is 1.67. The van der Waals surface area contributed by atoms with Crippen molar-refractivity contribution >= 4 is 17.5 Å². The SMILES string of the molecule is CO/N=C(\C(C)=O)C(=O)OC. The molecule has 0 unspecified atom stereocenters. The van der Waals surface area contributed by atoms with Crippen LogP contribution in [-0.2, 0) is 19.2 Å². The molecule has 11 heavy (non-hydrogen) atoms. The van der Waals surface area contributed by atoms with Crippen LogP contribution >= 0.6 is 0 Å².